The molecule has 1 aromatic heterocycles. The lowest BCUT2D eigenvalue weighted by Gasteiger charge is -2.02. The molecule has 0 saturated heterocycles. The summed E-state index contributed by atoms with van der Waals surface area (Å²) in [4.78, 5) is 0. The molecule has 0 fully saturated rings. The number of nitrogens with one attached hydrogen (secondary N) is 1. The van der Waals surface area contributed by atoms with Gasteiger partial charge < -0.3 is 0 Å². The molecule has 3 rings (SSSR count). The van der Waals surface area contributed by atoms with E-state index in [1.165, 1.54) is 11.1 Å². The molecule has 18 heavy (non-hydrogen) atoms. The van der Waals surface area contributed by atoms with Crippen LogP contribution in [0, 0.1) is 0 Å². The molecular weight excluding hydrogens is 241 g/mol. The van der Waals surface area contributed by atoms with E-state index in [1.54, 1.807) is 0 Å². The molecule has 5 heteroatoms. The predicted octanol–water partition coefficient (Wildman–Crippen LogP) is 3.58. The second-order valence-electron chi connectivity index (χ2n) is 4.50. The molecule has 0 radical (unpaired) electrons. The normalized spacial score (nSPS) is 14.8. The van der Waals surface area contributed by atoms with Gasteiger partial charge in [0.05, 0.1) is 5.69 Å². The van der Waals surface area contributed by atoms with Gasteiger partial charge in [-0.2, -0.15) is 18.3 Å². The van der Waals surface area contributed by atoms with Crippen LogP contribution in [0.15, 0.2) is 24.3 Å². The fourth-order valence-electron chi connectivity index (χ4n) is 2.35. The lowest BCUT2D eigenvalue weighted by molar-refractivity contribution is -0.141. The first-order valence-electron chi connectivity index (χ1n) is 5.79. The summed E-state index contributed by atoms with van der Waals surface area (Å²) in [5.41, 5.74) is 2.80. The number of alkyl halides is 3. The van der Waals surface area contributed by atoms with Gasteiger partial charge in [0.1, 0.15) is 5.69 Å². The molecule has 0 amide bonds. The van der Waals surface area contributed by atoms with Gasteiger partial charge in [0.25, 0.3) is 0 Å². The van der Waals surface area contributed by atoms with Gasteiger partial charge in [-0.3, -0.25) is 5.10 Å². The van der Waals surface area contributed by atoms with Crippen molar-refractivity contribution in [1.29, 1.82) is 0 Å². The number of aryl methyl sites for hydroxylation is 2. The van der Waals surface area contributed by atoms with Crippen molar-refractivity contribution in [3.05, 3.63) is 41.1 Å². The maximum Gasteiger partial charge on any atom is 0.432 e. The average molecular weight is 252 g/mol. The molecule has 0 saturated carbocycles. The van der Waals surface area contributed by atoms with Crippen LogP contribution in [-0.2, 0) is 19.0 Å². The average Bonchev–Trinajstić information content (AvgIpc) is 2.96. The zero-order valence-electron chi connectivity index (χ0n) is 9.51. The standard InChI is InChI=1S/C13H11F3N2/c14-13(15,16)12-7-11(17-18-12)10-5-4-8-2-1-3-9(8)6-10/h4-7H,1-3H2,(H,17,18). The van der Waals surface area contributed by atoms with E-state index in [1.807, 2.05) is 23.3 Å². The third-order valence-corrected chi connectivity index (χ3v) is 3.28. The molecule has 1 N–H and O–H groups in total. The minimum atomic E-state index is -4.37. The minimum Gasteiger partial charge on any atom is -0.273 e. The number of nitrogens with zero attached hydrogens (tertiary/aromatic N) is 1. The van der Waals surface area contributed by atoms with E-state index < -0.39 is 11.9 Å². The van der Waals surface area contributed by atoms with Gasteiger partial charge in [-0.1, -0.05) is 12.1 Å². The Hall–Kier alpha value is -1.78. The summed E-state index contributed by atoms with van der Waals surface area (Å²) >= 11 is 0. The number of aromatic amines is 1. The van der Waals surface area contributed by atoms with Crippen molar-refractivity contribution in [1.82, 2.24) is 10.2 Å². The Morgan fingerprint density at radius 1 is 1.06 bits per heavy atom. The first kappa shape index (κ1) is 11.3. The number of rotatable bonds is 1. The Morgan fingerprint density at radius 3 is 2.56 bits per heavy atom. The predicted molar refractivity (Wildman–Crippen MR) is 61.1 cm³/mol. The highest BCUT2D eigenvalue weighted by molar-refractivity contribution is 5.62. The first-order chi connectivity index (χ1) is 8.54. The van der Waals surface area contributed by atoms with Crippen molar-refractivity contribution in [2.45, 2.75) is 25.4 Å². The molecule has 0 bridgehead atoms. The van der Waals surface area contributed by atoms with Crippen LogP contribution in [0.3, 0.4) is 0 Å². The number of hydrogen-bond donors (Lipinski definition) is 1. The smallest absolute Gasteiger partial charge is 0.273 e. The number of hydrogen-bond acceptors (Lipinski definition) is 1. The fraction of sp³-hybridized carbons (Fsp3) is 0.308. The van der Waals surface area contributed by atoms with Crippen molar-refractivity contribution in [2.24, 2.45) is 0 Å². The summed E-state index contributed by atoms with van der Waals surface area (Å²) in [6, 6.07) is 6.81. The Bertz CT molecular complexity index is 584. The van der Waals surface area contributed by atoms with Gasteiger partial charge in [-0.15, -0.1) is 0 Å². The zero-order chi connectivity index (χ0) is 12.8. The summed E-state index contributed by atoms with van der Waals surface area (Å²) in [6.45, 7) is 0. The van der Waals surface area contributed by atoms with Crippen LogP contribution in [0.5, 0.6) is 0 Å². The van der Waals surface area contributed by atoms with Crippen molar-refractivity contribution in [3.8, 4) is 11.3 Å². The largest absolute Gasteiger partial charge is 0.432 e. The van der Waals surface area contributed by atoms with Crippen molar-refractivity contribution < 1.29 is 13.2 Å². The van der Waals surface area contributed by atoms with Crippen LogP contribution >= 0.6 is 0 Å². The van der Waals surface area contributed by atoms with E-state index in [9.17, 15) is 13.2 Å². The van der Waals surface area contributed by atoms with Gasteiger partial charge in [-0.05, 0) is 42.5 Å². The molecule has 1 aliphatic carbocycles. The summed E-state index contributed by atoms with van der Waals surface area (Å²) in [5, 5.41) is 5.77. The van der Waals surface area contributed by atoms with Gasteiger partial charge in [0, 0.05) is 5.56 Å². The maximum absolute atomic E-state index is 12.5. The topological polar surface area (TPSA) is 28.7 Å². The summed E-state index contributed by atoms with van der Waals surface area (Å²) in [6.07, 6.45) is -1.20. The molecule has 0 unspecified atom stereocenters. The van der Waals surface area contributed by atoms with Crippen molar-refractivity contribution in [3.63, 3.8) is 0 Å². The van der Waals surface area contributed by atoms with Crippen LogP contribution < -0.4 is 0 Å². The Balaban J connectivity index is 1.98. The van der Waals surface area contributed by atoms with E-state index in [2.05, 4.69) is 5.10 Å². The molecular formula is C13H11F3N2. The number of fused-ring (bicyclic) bond motifs is 1. The highest BCUT2D eigenvalue weighted by atomic mass is 19.4. The molecule has 0 aliphatic heterocycles. The van der Waals surface area contributed by atoms with Crippen LogP contribution in [0.4, 0.5) is 13.2 Å². The van der Waals surface area contributed by atoms with E-state index in [4.69, 9.17) is 0 Å². The molecule has 2 nitrogen and oxygen atoms in total. The maximum atomic E-state index is 12.5. The Labute approximate surface area is 102 Å². The summed E-state index contributed by atoms with van der Waals surface area (Å²) in [5.74, 6) is 0. The molecule has 1 heterocycles. The second-order valence-corrected chi connectivity index (χ2v) is 4.50. The molecule has 0 atom stereocenters. The Morgan fingerprint density at radius 2 is 1.83 bits per heavy atom. The number of aromatic nitrogens is 2. The van der Waals surface area contributed by atoms with Gasteiger partial charge >= 0.3 is 6.18 Å². The number of H-pyrrole nitrogens is 1. The minimum absolute atomic E-state index is 0.344. The van der Waals surface area contributed by atoms with Crippen LogP contribution in [0.2, 0.25) is 0 Å². The van der Waals surface area contributed by atoms with Crippen LogP contribution in [-0.4, -0.2) is 10.2 Å². The third kappa shape index (κ3) is 1.89. The quantitative estimate of drug-likeness (QED) is 0.825. The lowest BCUT2D eigenvalue weighted by Crippen LogP contribution is -2.04. The highest BCUT2D eigenvalue weighted by Gasteiger charge is 2.33. The molecule has 1 aromatic carbocycles. The van der Waals surface area contributed by atoms with E-state index in [-0.39, 0.29) is 0 Å². The first-order valence-corrected chi connectivity index (χ1v) is 5.79. The number of halogens is 3. The molecule has 94 valence electrons. The van der Waals surface area contributed by atoms with Gasteiger partial charge in [-0.25, -0.2) is 0 Å². The lowest BCUT2D eigenvalue weighted by atomic mass is 10.0. The number of benzene rings is 1. The highest BCUT2D eigenvalue weighted by Crippen LogP contribution is 2.32. The fourth-order valence-corrected chi connectivity index (χ4v) is 2.35. The zero-order valence-corrected chi connectivity index (χ0v) is 9.51. The van der Waals surface area contributed by atoms with E-state index in [0.717, 1.165) is 30.9 Å². The van der Waals surface area contributed by atoms with Gasteiger partial charge in [0.2, 0.25) is 0 Å². The monoisotopic (exact) mass is 252 g/mol. The van der Waals surface area contributed by atoms with Crippen molar-refractivity contribution in [2.75, 3.05) is 0 Å². The SMILES string of the molecule is FC(F)(F)c1cc(-c2ccc3c(c2)CCC3)n[nH]1. The second kappa shape index (κ2) is 3.86. The van der Waals surface area contributed by atoms with Crippen LogP contribution in [0.25, 0.3) is 11.3 Å². The molecule has 1 aliphatic rings. The molecule has 0 spiro atoms. The van der Waals surface area contributed by atoms with Gasteiger partial charge in [0.15, 0.2) is 0 Å². The summed E-state index contributed by atoms with van der Waals surface area (Å²) < 4.78 is 37.4. The summed E-state index contributed by atoms with van der Waals surface area (Å²) in [7, 11) is 0. The van der Waals surface area contributed by atoms with E-state index >= 15 is 0 Å². The molecule has 2 aromatic rings. The van der Waals surface area contributed by atoms with E-state index in [0.29, 0.717) is 5.69 Å². The Kier molecular flexibility index (Phi) is 2.43. The third-order valence-electron chi connectivity index (χ3n) is 3.28. The van der Waals surface area contributed by atoms with Crippen molar-refractivity contribution >= 4 is 0 Å². The van der Waals surface area contributed by atoms with Crippen LogP contribution in [0.1, 0.15) is 23.2 Å².